The zero-order chi connectivity index (χ0) is 12.9. The molecule has 0 aliphatic heterocycles. The number of halogens is 4. The summed E-state index contributed by atoms with van der Waals surface area (Å²) in [6, 6.07) is 4.82. The highest BCUT2D eigenvalue weighted by Crippen LogP contribution is 2.27. The number of ether oxygens (including phenoxy) is 2. The first-order valence-electron chi connectivity index (χ1n) is 4.70. The predicted molar refractivity (Wildman–Crippen MR) is 58.5 cm³/mol. The topological polar surface area (TPSA) is 30.5 Å². The number of benzene rings is 1. The summed E-state index contributed by atoms with van der Waals surface area (Å²) in [5, 5.41) is 3.19. The monoisotopic (exact) mass is 269 g/mol. The van der Waals surface area contributed by atoms with Crippen LogP contribution in [0.25, 0.3) is 0 Å². The summed E-state index contributed by atoms with van der Waals surface area (Å²) in [5.41, 5.74) is 0.608. The number of hydrogen-bond acceptors (Lipinski definition) is 3. The van der Waals surface area contributed by atoms with Crippen molar-refractivity contribution in [2.75, 3.05) is 25.6 Å². The number of hydrogen-bond donors (Lipinski definition) is 1. The van der Waals surface area contributed by atoms with Gasteiger partial charge in [-0.2, -0.15) is 0 Å². The summed E-state index contributed by atoms with van der Waals surface area (Å²) in [5.74, 6) is 0.452. The first-order valence-corrected chi connectivity index (χ1v) is 5.08. The van der Waals surface area contributed by atoms with E-state index >= 15 is 0 Å². The summed E-state index contributed by atoms with van der Waals surface area (Å²) in [4.78, 5) is 0. The molecular weight excluding hydrogens is 259 g/mol. The molecule has 0 saturated carbocycles. The van der Waals surface area contributed by atoms with Gasteiger partial charge in [-0.05, 0) is 12.1 Å². The average molecular weight is 270 g/mol. The Labute approximate surface area is 101 Å². The van der Waals surface area contributed by atoms with Crippen molar-refractivity contribution in [2.45, 2.75) is 6.36 Å². The molecule has 1 aromatic carbocycles. The molecule has 17 heavy (non-hydrogen) atoms. The Bertz CT molecular complexity index is 371. The Morgan fingerprint density at radius 2 is 2.06 bits per heavy atom. The molecule has 0 fully saturated rings. The molecule has 0 bridgehead atoms. The molecule has 0 unspecified atom stereocenters. The molecule has 0 aliphatic rings. The van der Waals surface area contributed by atoms with Gasteiger partial charge in [0.2, 0.25) is 0 Å². The van der Waals surface area contributed by atoms with Crippen LogP contribution in [0.3, 0.4) is 0 Å². The van der Waals surface area contributed by atoms with Gasteiger partial charge in [0.1, 0.15) is 5.75 Å². The van der Waals surface area contributed by atoms with Gasteiger partial charge in [-0.3, -0.25) is 4.74 Å². The lowest BCUT2D eigenvalue weighted by atomic mass is 10.3. The van der Waals surface area contributed by atoms with Crippen molar-refractivity contribution >= 4 is 17.3 Å². The number of alkyl halides is 3. The second-order valence-corrected chi connectivity index (χ2v) is 3.48. The van der Waals surface area contributed by atoms with Gasteiger partial charge in [-0.15, -0.1) is 13.2 Å². The minimum absolute atomic E-state index is 0.0320. The average Bonchev–Trinajstić information content (AvgIpc) is 2.25. The summed E-state index contributed by atoms with van der Waals surface area (Å²) >= 11 is 5.79. The van der Waals surface area contributed by atoms with E-state index < -0.39 is 13.0 Å². The van der Waals surface area contributed by atoms with Crippen LogP contribution in [0, 0.1) is 0 Å². The van der Waals surface area contributed by atoms with Crippen molar-refractivity contribution < 1.29 is 22.6 Å². The van der Waals surface area contributed by atoms with Gasteiger partial charge in [-0.1, -0.05) is 11.6 Å². The zero-order valence-corrected chi connectivity index (χ0v) is 9.73. The smallest absolute Gasteiger partial charge is 0.495 e. The Morgan fingerprint density at radius 3 is 2.65 bits per heavy atom. The quantitative estimate of drug-likeness (QED) is 0.832. The van der Waals surface area contributed by atoms with Crippen molar-refractivity contribution in [3.8, 4) is 5.75 Å². The highest BCUT2D eigenvalue weighted by atomic mass is 35.5. The van der Waals surface area contributed by atoms with Gasteiger partial charge in [0.15, 0.2) is 0 Å². The fraction of sp³-hybridized carbons (Fsp3) is 0.400. The molecule has 7 heteroatoms. The molecule has 0 saturated heterocycles. The number of methoxy groups -OCH3 is 1. The Morgan fingerprint density at radius 1 is 1.35 bits per heavy atom. The molecule has 96 valence electrons. The van der Waals surface area contributed by atoms with Gasteiger partial charge in [0.25, 0.3) is 0 Å². The van der Waals surface area contributed by atoms with Crippen LogP contribution in [-0.4, -0.2) is 26.6 Å². The van der Waals surface area contributed by atoms with Crippen LogP contribution in [0.5, 0.6) is 5.75 Å². The molecule has 1 rings (SSSR count). The lowest BCUT2D eigenvalue weighted by Gasteiger charge is -2.10. The largest absolute Gasteiger partial charge is 0.522 e. The van der Waals surface area contributed by atoms with Crippen molar-refractivity contribution in [1.29, 1.82) is 0 Å². The van der Waals surface area contributed by atoms with Crippen LogP contribution >= 0.6 is 11.6 Å². The lowest BCUT2D eigenvalue weighted by Crippen LogP contribution is -2.19. The minimum Gasteiger partial charge on any atom is -0.495 e. The van der Waals surface area contributed by atoms with Gasteiger partial charge in [0.05, 0.1) is 18.7 Å². The van der Waals surface area contributed by atoms with Crippen LogP contribution in [0.2, 0.25) is 5.02 Å². The van der Waals surface area contributed by atoms with E-state index in [9.17, 15) is 13.2 Å². The molecule has 1 aromatic rings. The molecular formula is C10H11ClF3NO2. The van der Waals surface area contributed by atoms with E-state index in [1.165, 1.54) is 7.11 Å². The molecule has 0 heterocycles. The van der Waals surface area contributed by atoms with Gasteiger partial charge < -0.3 is 10.1 Å². The molecule has 0 aliphatic carbocycles. The number of nitrogens with one attached hydrogen (secondary N) is 1. The Hall–Kier alpha value is -1.14. The van der Waals surface area contributed by atoms with E-state index in [4.69, 9.17) is 16.3 Å². The molecule has 3 nitrogen and oxygen atoms in total. The second kappa shape index (κ2) is 5.97. The van der Waals surface area contributed by atoms with Crippen LogP contribution in [0.15, 0.2) is 18.2 Å². The second-order valence-electron chi connectivity index (χ2n) is 3.07. The van der Waals surface area contributed by atoms with Crippen LogP contribution < -0.4 is 10.1 Å². The third-order valence-corrected chi connectivity index (χ3v) is 2.16. The molecule has 0 spiro atoms. The fourth-order valence-electron chi connectivity index (χ4n) is 1.13. The highest BCUT2D eigenvalue weighted by Gasteiger charge is 2.28. The van der Waals surface area contributed by atoms with Gasteiger partial charge in [-0.25, -0.2) is 0 Å². The van der Waals surface area contributed by atoms with Gasteiger partial charge >= 0.3 is 6.36 Å². The van der Waals surface area contributed by atoms with E-state index in [1.54, 1.807) is 18.2 Å². The van der Waals surface area contributed by atoms with E-state index in [0.717, 1.165) is 0 Å². The summed E-state index contributed by atoms with van der Waals surface area (Å²) in [6.07, 6.45) is -4.60. The first kappa shape index (κ1) is 13.9. The number of rotatable bonds is 5. The standard InChI is InChI=1S/C10H11ClF3NO2/c1-16-9-6-7(2-3-8(9)11)15-4-5-17-10(12,13)14/h2-3,6,15H,4-5H2,1H3. The van der Waals surface area contributed by atoms with Crippen molar-refractivity contribution in [2.24, 2.45) is 0 Å². The molecule has 0 aromatic heterocycles. The van der Waals surface area contributed by atoms with E-state index in [0.29, 0.717) is 16.5 Å². The Balaban J connectivity index is 2.42. The maximum atomic E-state index is 11.7. The SMILES string of the molecule is COc1cc(NCCOC(F)(F)F)ccc1Cl. The summed E-state index contributed by atoms with van der Waals surface area (Å²) in [7, 11) is 1.46. The minimum atomic E-state index is -4.60. The molecule has 1 N–H and O–H groups in total. The zero-order valence-electron chi connectivity index (χ0n) is 8.97. The molecule has 0 radical (unpaired) electrons. The first-order chi connectivity index (χ1) is 7.92. The van der Waals surface area contributed by atoms with Crippen molar-refractivity contribution in [1.82, 2.24) is 0 Å². The third kappa shape index (κ3) is 5.14. The van der Waals surface area contributed by atoms with Gasteiger partial charge in [0, 0.05) is 18.3 Å². The van der Waals surface area contributed by atoms with Crippen LogP contribution in [0.4, 0.5) is 18.9 Å². The summed E-state index contributed by atoms with van der Waals surface area (Å²) < 4.78 is 43.6. The van der Waals surface area contributed by atoms with Crippen molar-refractivity contribution in [3.63, 3.8) is 0 Å². The normalized spacial score (nSPS) is 11.4. The third-order valence-electron chi connectivity index (χ3n) is 1.85. The highest BCUT2D eigenvalue weighted by molar-refractivity contribution is 6.32. The maximum Gasteiger partial charge on any atom is 0.522 e. The van der Waals surface area contributed by atoms with E-state index in [2.05, 4.69) is 10.1 Å². The predicted octanol–water partition coefficient (Wildman–Crippen LogP) is 3.30. The molecule has 0 amide bonds. The van der Waals surface area contributed by atoms with Crippen LogP contribution in [0.1, 0.15) is 0 Å². The van der Waals surface area contributed by atoms with E-state index in [1.807, 2.05) is 0 Å². The van der Waals surface area contributed by atoms with Crippen LogP contribution in [-0.2, 0) is 4.74 Å². The fourth-order valence-corrected chi connectivity index (χ4v) is 1.33. The lowest BCUT2D eigenvalue weighted by molar-refractivity contribution is -0.322. The van der Waals surface area contributed by atoms with Crippen molar-refractivity contribution in [3.05, 3.63) is 23.2 Å². The number of anilines is 1. The maximum absolute atomic E-state index is 11.7. The molecule has 0 atom stereocenters. The Kier molecular flexibility index (Phi) is 4.89. The summed E-state index contributed by atoms with van der Waals surface area (Å²) in [6.45, 7) is -0.432. The van der Waals surface area contributed by atoms with E-state index in [-0.39, 0.29) is 6.54 Å².